The first-order valence-electron chi connectivity index (χ1n) is 10.4. The van der Waals surface area contributed by atoms with Crippen molar-refractivity contribution in [1.82, 2.24) is 4.72 Å². The van der Waals surface area contributed by atoms with E-state index in [1.54, 1.807) is 4.72 Å². The molecule has 1 fully saturated rings. The topological polar surface area (TPSA) is 89.5 Å². The summed E-state index contributed by atoms with van der Waals surface area (Å²) in [6.07, 6.45) is -0.971. The smallest absolute Gasteiger partial charge is 0.490 e. The number of sulfonamides is 1. The highest BCUT2D eigenvalue weighted by Gasteiger charge is 2.59. The first-order valence-corrected chi connectivity index (χ1v) is 13.8. The SMILES string of the molecule is O=S(=O)(N[C@H]1CCC[C@]2(S(=O)(=O)c3ccc(Cl)cc3)c3c(F)ccc(F)c3OCC2C1)C(F)(F)F. The van der Waals surface area contributed by atoms with Crippen LogP contribution in [0.15, 0.2) is 41.3 Å². The average Bonchev–Trinajstić information content (AvgIpc) is 2.95. The quantitative estimate of drug-likeness (QED) is 0.550. The van der Waals surface area contributed by atoms with E-state index < -0.39 is 78.1 Å². The normalized spacial score (nSPS) is 25.2. The molecule has 14 heteroatoms. The van der Waals surface area contributed by atoms with Gasteiger partial charge in [-0.25, -0.2) is 30.3 Å². The minimum atomic E-state index is -5.73. The van der Waals surface area contributed by atoms with Crippen LogP contribution in [0.5, 0.6) is 5.75 Å². The summed E-state index contributed by atoms with van der Waals surface area (Å²) in [7, 11) is -10.2. The van der Waals surface area contributed by atoms with Crippen LogP contribution in [0.2, 0.25) is 5.02 Å². The van der Waals surface area contributed by atoms with E-state index in [0.717, 1.165) is 12.1 Å². The van der Waals surface area contributed by atoms with Gasteiger partial charge in [-0.1, -0.05) is 11.6 Å². The Bertz CT molecular complexity index is 1350. The van der Waals surface area contributed by atoms with Gasteiger partial charge >= 0.3 is 15.5 Å². The van der Waals surface area contributed by atoms with Crippen molar-refractivity contribution in [3.63, 3.8) is 0 Å². The number of nitrogens with one attached hydrogen (secondary N) is 1. The molecule has 1 aliphatic carbocycles. The van der Waals surface area contributed by atoms with E-state index in [1.807, 2.05) is 0 Å². The molecule has 2 aromatic carbocycles. The van der Waals surface area contributed by atoms with Crippen molar-refractivity contribution in [3.05, 3.63) is 58.6 Å². The molecular formula is C21H19ClF5NO5S2. The van der Waals surface area contributed by atoms with Gasteiger partial charge in [0.05, 0.1) is 17.1 Å². The molecule has 3 atom stereocenters. The second-order valence-electron chi connectivity index (χ2n) is 8.48. The largest absolute Gasteiger partial charge is 0.511 e. The van der Waals surface area contributed by atoms with Crippen LogP contribution in [-0.4, -0.2) is 35.0 Å². The molecule has 0 amide bonds. The molecule has 1 heterocycles. The Kier molecular flexibility index (Phi) is 6.61. The molecule has 2 aromatic rings. The molecule has 192 valence electrons. The van der Waals surface area contributed by atoms with E-state index in [9.17, 15) is 34.4 Å². The molecule has 0 bridgehead atoms. The maximum atomic E-state index is 15.2. The Morgan fingerprint density at radius 3 is 2.26 bits per heavy atom. The number of sulfone groups is 1. The highest BCUT2D eigenvalue weighted by atomic mass is 35.5. The monoisotopic (exact) mass is 559 g/mol. The summed E-state index contributed by atoms with van der Waals surface area (Å²) in [5.41, 5.74) is -6.13. The molecule has 0 spiro atoms. The van der Waals surface area contributed by atoms with E-state index in [0.29, 0.717) is 0 Å². The van der Waals surface area contributed by atoms with Crippen LogP contribution in [0.4, 0.5) is 22.0 Å². The second-order valence-corrected chi connectivity index (χ2v) is 12.8. The second kappa shape index (κ2) is 8.86. The molecule has 1 aliphatic heterocycles. The van der Waals surface area contributed by atoms with Gasteiger partial charge in [0.2, 0.25) is 0 Å². The van der Waals surface area contributed by atoms with Crippen molar-refractivity contribution in [3.8, 4) is 5.75 Å². The van der Waals surface area contributed by atoms with Crippen molar-refractivity contribution in [2.75, 3.05) is 6.61 Å². The Morgan fingerprint density at radius 2 is 1.63 bits per heavy atom. The van der Waals surface area contributed by atoms with Gasteiger partial charge in [-0.05, 0) is 62.1 Å². The number of fused-ring (bicyclic) bond motifs is 3. The highest BCUT2D eigenvalue weighted by molar-refractivity contribution is 7.92. The zero-order valence-corrected chi connectivity index (χ0v) is 20.2. The van der Waals surface area contributed by atoms with Crippen LogP contribution in [0.3, 0.4) is 0 Å². The summed E-state index contributed by atoms with van der Waals surface area (Å²) in [5, 5.41) is 0.227. The third-order valence-corrected chi connectivity index (χ3v) is 10.6. The molecule has 1 saturated carbocycles. The van der Waals surface area contributed by atoms with E-state index in [4.69, 9.17) is 16.3 Å². The number of ether oxygens (including phenoxy) is 1. The number of alkyl halides is 3. The first-order chi connectivity index (χ1) is 16.2. The Morgan fingerprint density at radius 1 is 1.00 bits per heavy atom. The van der Waals surface area contributed by atoms with Gasteiger partial charge in [0, 0.05) is 17.0 Å². The fourth-order valence-electron chi connectivity index (χ4n) is 4.96. The molecule has 1 N–H and O–H groups in total. The fourth-order valence-corrected chi connectivity index (χ4v) is 8.26. The van der Waals surface area contributed by atoms with Gasteiger partial charge in [0.15, 0.2) is 21.4 Å². The maximum absolute atomic E-state index is 15.2. The van der Waals surface area contributed by atoms with Crippen LogP contribution >= 0.6 is 11.6 Å². The molecule has 0 saturated heterocycles. The van der Waals surface area contributed by atoms with Gasteiger partial charge in [0.1, 0.15) is 10.6 Å². The third-order valence-electron chi connectivity index (χ3n) is 6.47. The number of hydrogen-bond donors (Lipinski definition) is 1. The minimum absolute atomic E-state index is 0.0935. The summed E-state index contributed by atoms with van der Waals surface area (Å²) in [6, 6.07) is 5.24. The molecule has 2 aliphatic rings. The van der Waals surface area contributed by atoms with Gasteiger partial charge in [-0.2, -0.15) is 13.2 Å². The molecule has 0 aromatic heterocycles. The number of rotatable bonds is 4. The van der Waals surface area contributed by atoms with Crippen molar-refractivity contribution in [2.45, 2.75) is 46.9 Å². The van der Waals surface area contributed by atoms with E-state index in [1.165, 1.54) is 24.3 Å². The summed E-state index contributed by atoms with van der Waals surface area (Å²) in [6.45, 7) is -0.482. The summed E-state index contributed by atoms with van der Waals surface area (Å²) >= 11 is 5.87. The number of halogens is 6. The van der Waals surface area contributed by atoms with Crippen LogP contribution in [0.25, 0.3) is 0 Å². The van der Waals surface area contributed by atoms with Crippen molar-refractivity contribution in [1.29, 1.82) is 0 Å². The Hall–Kier alpha value is -1.96. The standard InChI is InChI=1S/C21H19ClF5NO5S2/c22-13-3-5-15(6-4-13)34(29,30)20-9-1-2-14(28-35(31,32)21(25,26)27)10-12(20)11-33-19-17(24)8-7-16(23)18(19)20/h3-8,12,14,28H,1-2,9-11H2/t12?,14-,20+/m0/s1. The summed E-state index contributed by atoms with van der Waals surface area (Å²) < 4.78 is 125. The number of hydrogen-bond acceptors (Lipinski definition) is 5. The van der Waals surface area contributed by atoms with Gasteiger partial charge in [-0.3, -0.25) is 0 Å². The average molecular weight is 560 g/mol. The first kappa shape index (κ1) is 26.1. The minimum Gasteiger partial charge on any atom is -0.490 e. The molecule has 35 heavy (non-hydrogen) atoms. The molecule has 1 unspecified atom stereocenters. The zero-order valence-electron chi connectivity index (χ0n) is 17.8. The Labute approximate surface area is 203 Å². The van der Waals surface area contributed by atoms with Crippen LogP contribution in [0, 0.1) is 17.6 Å². The Balaban J connectivity index is 1.89. The van der Waals surface area contributed by atoms with Gasteiger partial charge in [0.25, 0.3) is 0 Å². The van der Waals surface area contributed by atoms with Crippen molar-refractivity contribution < 1.29 is 43.5 Å². The maximum Gasteiger partial charge on any atom is 0.511 e. The van der Waals surface area contributed by atoms with Crippen LogP contribution in [0.1, 0.15) is 31.2 Å². The van der Waals surface area contributed by atoms with Crippen LogP contribution < -0.4 is 9.46 Å². The van der Waals surface area contributed by atoms with Gasteiger partial charge in [-0.15, -0.1) is 0 Å². The van der Waals surface area contributed by atoms with Gasteiger partial charge < -0.3 is 4.74 Å². The van der Waals surface area contributed by atoms with Crippen molar-refractivity contribution >= 4 is 31.5 Å². The van der Waals surface area contributed by atoms with Crippen LogP contribution in [-0.2, 0) is 24.6 Å². The predicted molar refractivity (Wildman–Crippen MR) is 116 cm³/mol. The molecule has 6 nitrogen and oxygen atoms in total. The summed E-state index contributed by atoms with van der Waals surface area (Å²) in [5.74, 6) is -3.84. The zero-order chi connectivity index (χ0) is 25.8. The fraction of sp³-hybridized carbons (Fsp3) is 0.429. The molecule has 4 rings (SSSR count). The van der Waals surface area contributed by atoms with E-state index >= 15 is 4.39 Å². The lowest BCUT2D eigenvalue weighted by molar-refractivity contribution is -0.0452. The van der Waals surface area contributed by atoms with E-state index in [-0.39, 0.29) is 29.2 Å². The van der Waals surface area contributed by atoms with E-state index in [2.05, 4.69) is 0 Å². The lowest BCUT2D eigenvalue weighted by Crippen LogP contribution is -2.50. The molecule has 0 radical (unpaired) electrons. The molecular weight excluding hydrogens is 541 g/mol. The van der Waals surface area contributed by atoms with Crippen molar-refractivity contribution in [2.24, 2.45) is 5.92 Å². The predicted octanol–water partition coefficient (Wildman–Crippen LogP) is 4.68. The lowest BCUT2D eigenvalue weighted by Gasteiger charge is -2.44. The third kappa shape index (κ3) is 4.30. The summed E-state index contributed by atoms with van der Waals surface area (Å²) in [4.78, 5) is -0.252. The highest BCUT2D eigenvalue weighted by Crippen LogP contribution is 2.55. The number of benzene rings is 2. The lowest BCUT2D eigenvalue weighted by atomic mass is 9.79.